The number of nitrogens with one attached hydrogen (secondary N) is 1. The smallest absolute Gasteiger partial charge is 0.0622 e. The van der Waals surface area contributed by atoms with Crippen molar-refractivity contribution in [1.82, 2.24) is 5.32 Å². The van der Waals surface area contributed by atoms with Gasteiger partial charge in [-0.05, 0) is 32.2 Å². The van der Waals surface area contributed by atoms with E-state index in [0.717, 1.165) is 25.7 Å². The first kappa shape index (κ1) is 14.0. The van der Waals surface area contributed by atoms with Gasteiger partial charge in [-0.15, -0.1) is 0 Å². The molecule has 2 nitrogen and oxygen atoms in total. The predicted octanol–water partition coefficient (Wildman–Crippen LogP) is 3.36. The molecule has 1 saturated carbocycles. The van der Waals surface area contributed by atoms with Crippen molar-refractivity contribution in [2.24, 2.45) is 5.92 Å². The summed E-state index contributed by atoms with van der Waals surface area (Å²) < 4.78 is 5.61. The van der Waals surface area contributed by atoms with Gasteiger partial charge in [-0.25, -0.2) is 0 Å². The first-order valence-corrected chi connectivity index (χ1v) is 7.19. The standard InChI is InChI=1S/C14H29NO/c1-3-15-14(12-16-4-2)13-10-8-6-5-7-9-11-13/h13-15H,3-12H2,1-2H3. The van der Waals surface area contributed by atoms with Crippen LogP contribution < -0.4 is 5.32 Å². The molecule has 0 saturated heterocycles. The average molecular weight is 227 g/mol. The van der Waals surface area contributed by atoms with Crippen molar-refractivity contribution < 1.29 is 4.74 Å². The van der Waals surface area contributed by atoms with Crippen LogP contribution in [0.15, 0.2) is 0 Å². The molecule has 0 spiro atoms. The van der Waals surface area contributed by atoms with Gasteiger partial charge < -0.3 is 10.1 Å². The molecule has 1 unspecified atom stereocenters. The third-order valence-corrected chi connectivity index (χ3v) is 3.69. The molecule has 0 aliphatic heterocycles. The number of hydrogen-bond donors (Lipinski definition) is 1. The van der Waals surface area contributed by atoms with Crippen LogP contribution >= 0.6 is 0 Å². The van der Waals surface area contributed by atoms with Gasteiger partial charge in [0, 0.05) is 12.6 Å². The van der Waals surface area contributed by atoms with E-state index in [9.17, 15) is 0 Å². The van der Waals surface area contributed by atoms with Crippen LogP contribution in [0, 0.1) is 5.92 Å². The highest BCUT2D eigenvalue weighted by molar-refractivity contribution is 4.77. The molecule has 0 aromatic carbocycles. The fraction of sp³-hybridized carbons (Fsp3) is 1.00. The van der Waals surface area contributed by atoms with Crippen molar-refractivity contribution >= 4 is 0 Å². The zero-order valence-electron chi connectivity index (χ0n) is 11.1. The van der Waals surface area contributed by atoms with Gasteiger partial charge in [-0.1, -0.05) is 39.0 Å². The molecule has 0 bridgehead atoms. The highest BCUT2D eigenvalue weighted by Gasteiger charge is 2.21. The first-order chi connectivity index (χ1) is 7.88. The molecule has 0 aromatic heterocycles. The summed E-state index contributed by atoms with van der Waals surface area (Å²) in [7, 11) is 0. The van der Waals surface area contributed by atoms with Crippen LogP contribution in [0.2, 0.25) is 0 Å². The first-order valence-electron chi connectivity index (χ1n) is 7.19. The minimum absolute atomic E-state index is 0.586. The lowest BCUT2D eigenvalue weighted by Gasteiger charge is -2.29. The molecule has 0 radical (unpaired) electrons. The van der Waals surface area contributed by atoms with Crippen LogP contribution in [0.3, 0.4) is 0 Å². The molecule has 1 atom stereocenters. The molecule has 1 aliphatic carbocycles. The van der Waals surface area contributed by atoms with Gasteiger partial charge >= 0.3 is 0 Å². The third kappa shape index (κ3) is 5.31. The molecule has 96 valence electrons. The van der Waals surface area contributed by atoms with Gasteiger partial charge in [0.2, 0.25) is 0 Å². The summed E-state index contributed by atoms with van der Waals surface area (Å²) in [6.07, 6.45) is 9.94. The molecule has 16 heavy (non-hydrogen) atoms. The molecule has 0 heterocycles. The fourth-order valence-corrected chi connectivity index (χ4v) is 2.76. The lowest BCUT2D eigenvalue weighted by atomic mass is 9.86. The summed E-state index contributed by atoms with van der Waals surface area (Å²) in [5.74, 6) is 0.840. The summed E-state index contributed by atoms with van der Waals surface area (Å²) in [6, 6.07) is 0.586. The van der Waals surface area contributed by atoms with Crippen LogP contribution in [0.1, 0.15) is 58.8 Å². The minimum atomic E-state index is 0.586. The summed E-state index contributed by atoms with van der Waals surface area (Å²) in [5.41, 5.74) is 0. The molecule has 1 N–H and O–H groups in total. The van der Waals surface area contributed by atoms with Crippen molar-refractivity contribution in [1.29, 1.82) is 0 Å². The topological polar surface area (TPSA) is 21.3 Å². The Morgan fingerprint density at radius 1 is 1.06 bits per heavy atom. The number of rotatable bonds is 6. The maximum Gasteiger partial charge on any atom is 0.0622 e. The monoisotopic (exact) mass is 227 g/mol. The highest BCUT2D eigenvalue weighted by atomic mass is 16.5. The van der Waals surface area contributed by atoms with Crippen molar-refractivity contribution in [3.8, 4) is 0 Å². The largest absolute Gasteiger partial charge is 0.380 e. The number of hydrogen-bond acceptors (Lipinski definition) is 2. The second-order valence-electron chi connectivity index (χ2n) is 4.93. The molecule has 1 fully saturated rings. The molecule has 1 rings (SSSR count). The van der Waals surface area contributed by atoms with Crippen LogP contribution in [0.25, 0.3) is 0 Å². The summed E-state index contributed by atoms with van der Waals surface area (Å²) in [4.78, 5) is 0. The predicted molar refractivity (Wildman–Crippen MR) is 69.8 cm³/mol. The van der Waals surface area contributed by atoms with Crippen LogP contribution in [0.4, 0.5) is 0 Å². The Hall–Kier alpha value is -0.0800. The normalized spacial score (nSPS) is 21.4. The van der Waals surface area contributed by atoms with E-state index in [2.05, 4.69) is 19.2 Å². The van der Waals surface area contributed by atoms with E-state index in [0.29, 0.717) is 6.04 Å². The van der Waals surface area contributed by atoms with Gasteiger partial charge in [0.1, 0.15) is 0 Å². The molecular formula is C14H29NO. The molecule has 0 aromatic rings. The molecule has 0 amide bonds. The summed E-state index contributed by atoms with van der Waals surface area (Å²) in [6.45, 7) is 7.08. The summed E-state index contributed by atoms with van der Waals surface area (Å²) in [5, 5.41) is 3.61. The highest BCUT2D eigenvalue weighted by Crippen LogP contribution is 2.25. The van der Waals surface area contributed by atoms with E-state index < -0.39 is 0 Å². The zero-order chi connectivity index (χ0) is 11.6. The molecule has 1 aliphatic rings. The SMILES string of the molecule is CCNC(COCC)C1CCCCCCC1. The quantitative estimate of drug-likeness (QED) is 0.751. The molecular weight excluding hydrogens is 198 g/mol. The fourth-order valence-electron chi connectivity index (χ4n) is 2.76. The van der Waals surface area contributed by atoms with Crippen LogP contribution in [-0.4, -0.2) is 25.8 Å². The van der Waals surface area contributed by atoms with Crippen molar-refractivity contribution in [2.75, 3.05) is 19.8 Å². The minimum Gasteiger partial charge on any atom is -0.380 e. The van der Waals surface area contributed by atoms with E-state index in [1.165, 1.54) is 44.9 Å². The van der Waals surface area contributed by atoms with E-state index in [-0.39, 0.29) is 0 Å². The lowest BCUT2D eigenvalue weighted by molar-refractivity contribution is 0.0964. The second-order valence-corrected chi connectivity index (χ2v) is 4.93. The van der Waals surface area contributed by atoms with Crippen molar-refractivity contribution in [3.63, 3.8) is 0 Å². The van der Waals surface area contributed by atoms with Crippen LogP contribution in [-0.2, 0) is 4.74 Å². The van der Waals surface area contributed by atoms with Gasteiger partial charge in [-0.3, -0.25) is 0 Å². The Balaban J connectivity index is 2.38. The van der Waals surface area contributed by atoms with Gasteiger partial charge in [0.05, 0.1) is 6.61 Å². The zero-order valence-corrected chi connectivity index (χ0v) is 11.1. The van der Waals surface area contributed by atoms with E-state index in [4.69, 9.17) is 4.74 Å². The average Bonchev–Trinajstić information content (AvgIpc) is 2.24. The maximum absolute atomic E-state index is 5.61. The third-order valence-electron chi connectivity index (χ3n) is 3.69. The van der Waals surface area contributed by atoms with E-state index in [1.807, 2.05) is 0 Å². The Bertz CT molecular complexity index is 150. The number of likely N-dealkylation sites (N-methyl/N-ethyl adjacent to an activating group) is 1. The lowest BCUT2D eigenvalue weighted by Crippen LogP contribution is -2.40. The molecule has 2 heteroatoms. The Kier molecular flexibility index (Phi) is 7.87. The van der Waals surface area contributed by atoms with Gasteiger partial charge in [-0.2, -0.15) is 0 Å². The summed E-state index contributed by atoms with van der Waals surface area (Å²) >= 11 is 0. The van der Waals surface area contributed by atoms with E-state index >= 15 is 0 Å². The Labute approximate surface area is 101 Å². The Morgan fingerprint density at radius 3 is 2.25 bits per heavy atom. The van der Waals surface area contributed by atoms with Gasteiger partial charge in [0.25, 0.3) is 0 Å². The van der Waals surface area contributed by atoms with Crippen molar-refractivity contribution in [3.05, 3.63) is 0 Å². The second kappa shape index (κ2) is 9.00. The maximum atomic E-state index is 5.61. The van der Waals surface area contributed by atoms with Crippen molar-refractivity contribution in [2.45, 2.75) is 64.8 Å². The van der Waals surface area contributed by atoms with Crippen LogP contribution in [0.5, 0.6) is 0 Å². The van der Waals surface area contributed by atoms with E-state index in [1.54, 1.807) is 0 Å². The van der Waals surface area contributed by atoms with Gasteiger partial charge in [0.15, 0.2) is 0 Å². The Morgan fingerprint density at radius 2 is 1.69 bits per heavy atom. The number of ether oxygens (including phenoxy) is 1.